The predicted molar refractivity (Wildman–Crippen MR) is 223 cm³/mol. The summed E-state index contributed by atoms with van der Waals surface area (Å²) in [6.45, 7) is 0. The summed E-state index contributed by atoms with van der Waals surface area (Å²) in [5.74, 6) is 0. The second-order valence-electron chi connectivity index (χ2n) is 14.3. The highest BCUT2D eigenvalue weighted by molar-refractivity contribution is 6.40. The second-order valence-corrected chi connectivity index (χ2v) is 14.3. The fourth-order valence-electron chi connectivity index (χ4n) is 9.72. The standard InChI is InChI=1S/C49H28N4/c1-3-15-31(16-4-1)51(32-17-5-2-6-18-32)40-24-12-22-36-35-21-11-23-37-43-41(52(46(35)37)47(36)40)28-50-49-45(43)44-34-20-10-8-14-30(34)27-38-42-33-19-9-7-13-29(33)25-26-39(42)53(49)48(38)44/h1-28H. The summed E-state index contributed by atoms with van der Waals surface area (Å²) in [5.41, 5.74) is 10.4. The van der Waals surface area contributed by atoms with Crippen molar-refractivity contribution in [2.45, 2.75) is 0 Å². The highest BCUT2D eigenvalue weighted by atomic mass is 15.2. The van der Waals surface area contributed by atoms with Crippen molar-refractivity contribution >= 4 is 115 Å². The summed E-state index contributed by atoms with van der Waals surface area (Å²) in [7, 11) is 0. The molecule has 0 amide bonds. The Morgan fingerprint density at radius 3 is 1.77 bits per heavy atom. The number of anilines is 3. The minimum absolute atomic E-state index is 1.01. The van der Waals surface area contributed by atoms with Crippen molar-refractivity contribution < 1.29 is 0 Å². The van der Waals surface area contributed by atoms with Crippen LogP contribution in [0.3, 0.4) is 0 Å². The van der Waals surface area contributed by atoms with Gasteiger partial charge >= 0.3 is 0 Å². The number of pyridine rings is 1. The fraction of sp³-hybridized carbons (Fsp3) is 0. The Hall–Kier alpha value is -7.17. The fourth-order valence-corrected chi connectivity index (χ4v) is 9.72. The molecule has 0 aliphatic heterocycles. The van der Waals surface area contributed by atoms with Crippen molar-refractivity contribution in [2.24, 2.45) is 0 Å². The molecule has 0 fully saturated rings. The summed E-state index contributed by atoms with van der Waals surface area (Å²) in [4.78, 5) is 7.84. The molecule has 0 bridgehead atoms. The number of nitrogens with zero attached hydrogens (tertiary/aromatic N) is 4. The van der Waals surface area contributed by atoms with Gasteiger partial charge in [0.05, 0.1) is 39.5 Å². The molecule has 5 heterocycles. The van der Waals surface area contributed by atoms with E-state index in [0.717, 1.165) is 28.2 Å². The minimum Gasteiger partial charge on any atom is -0.308 e. The summed E-state index contributed by atoms with van der Waals surface area (Å²) >= 11 is 0. The molecular formula is C49H28N4. The number of fused-ring (bicyclic) bond motifs is 17. The van der Waals surface area contributed by atoms with Gasteiger partial charge in [-0.1, -0.05) is 121 Å². The average molecular weight is 673 g/mol. The molecule has 0 saturated heterocycles. The summed E-state index contributed by atoms with van der Waals surface area (Å²) in [6.07, 6.45) is 2.13. The lowest BCUT2D eigenvalue weighted by molar-refractivity contribution is 1.25. The maximum absolute atomic E-state index is 5.46. The van der Waals surface area contributed by atoms with E-state index in [4.69, 9.17) is 4.98 Å². The zero-order chi connectivity index (χ0) is 34.4. The third kappa shape index (κ3) is 3.34. The first-order valence-corrected chi connectivity index (χ1v) is 18.2. The number of hydrogen-bond donors (Lipinski definition) is 0. The van der Waals surface area contributed by atoms with Crippen molar-refractivity contribution in [1.82, 2.24) is 13.8 Å². The maximum Gasteiger partial charge on any atom is 0.146 e. The van der Waals surface area contributed by atoms with Crippen LogP contribution in [0.5, 0.6) is 0 Å². The molecule has 0 aliphatic rings. The van der Waals surface area contributed by atoms with E-state index < -0.39 is 0 Å². The van der Waals surface area contributed by atoms with Crippen LogP contribution >= 0.6 is 0 Å². The largest absolute Gasteiger partial charge is 0.308 e. The third-order valence-electron chi connectivity index (χ3n) is 11.7. The average Bonchev–Trinajstić information content (AvgIpc) is 3.95. The normalized spacial score (nSPS) is 12.5. The second kappa shape index (κ2) is 9.78. The maximum atomic E-state index is 5.46. The molecule has 13 aromatic rings. The van der Waals surface area contributed by atoms with Gasteiger partial charge in [0.1, 0.15) is 5.65 Å². The summed E-state index contributed by atoms with van der Waals surface area (Å²) < 4.78 is 4.94. The minimum atomic E-state index is 1.01. The molecule has 53 heavy (non-hydrogen) atoms. The van der Waals surface area contributed by atoms with E-state index in [1.807, 2.05) is 0 Å². The molecule has 13 rings (SSSR count). The van der Waals surface area contributed by atoms with Gasteiger partial charge in [0, 0.05) is 54.5 Å². The van der Waals surface area contributed by atoms with Crippen LogP contribution < -0.4 is 4.90 Å². The molecule has 0 unspecified atom stereocenters. The first-order valence-electron chi connectivity index (χ1n) is 18.2. The first-order chi connectivity index (χ1) is 26.3. The third-order valence-corrected chi connectivity index (χ3v) is 11.7. The number of para-hydroxylation sites is 4. The Morgan fingerprint density at radius 1 is 0.377 bits per heavy atom. The topological polar surface area (TPSA) is 24.9 Å². The van der Waals surface area contributed by atoms with Gasteiger partial charge in [-0.3, -0.25) is 4.40 Å². The van der Waals surface area contributed by atoms with E-state index in [-0.39, 0.29) is 0 Å². The molecule has 8 aromatic carbocycles. The van der Waals surface area contributed by atoms with Gasteiger partial charge in [-0.05, 0) is 64.0 Å². The van der Waals surface area contributed by atoms with Gasteiger partial charge in [-0.2, -0.15) is 0 Å². The van der Waals surface area contributed by atoms with E-state index in [0.29, 0.717) is 0 Å². The van der Waals surface area contributed by atoms with E-state index in [1.165, 1.54) is 86.7 Å². The van der Waals surface area contributed by atoms with E-state index >= 15 is 0 Å². The highest BCUT2D eigenvalue weighted by Crippen LogP contribution is 2.50. The van der Waals surface area contributed by atoms with Gasteiger partial charge < -0.3 is 9.30 Å². The lowest BCUT2D eigenvalue weighted by Crippen LogP contribution is -2.10. The predicted octanol–water partition coefficient (Wildman–Crippen LogP) is 13.2. The number of hydrogen-bond acceptors (Lipinski definition) is 2. The molecule has 0 aliphatic carbocycles. The van der Waals surface area contributed by atoms with Crippen LogP contribution in [0.1, 0.15) is 0 Å². The molecule has 0 N–H and O–H groups in total. The first kappa shape index (κ1) is 27.5. The van der Waals surface area contributed by atoms with Crippen molar-refractivity contribution in [3.05, 3.63) is 170 Å². The van der Waals surface area contributed by atoms with Gasteiger partial charge in [0.25, 0.3) is 0 Å². The Morgan fingerprint density at radius 2 is 1.00 bits per heavy atom. The van der Waals surface area contributed by atoms with Crippen molar-refractivity contribution in [3.8, 4) is 0 Å². The zero-order valence-corrected chi connectivity index (χ0v) is 28.5. The lowest BCUT2D eigenvalue weighted by atomic mass is 9.97. The van der Waals surface area contributed by atoms with Gasteiger partial charge in [-0.25, -0.2) is 4.98 Å². The van der Waals surface area contributed by atoms with Crippen molar-refractivity contribution in [2.75, 3.05) is 4.90 Å². The molecule has 244 valence electrons. The van der Waals surface area contributed by atoms with Gasteiger partial charge in [0.15, 0.2) is 0 Å². The lowest BCUT2D eigenvalue weighted by Gasteiger charge is -2.26. The smallest absolute Gasteiger partial charge is 0.146 e. The van der Waals surface area contributed by atoms with E-state index in [1.54, 1.807) is 0 Å². The Kier molecular flexibility index (Phi) is 5.08. The summed E-state index contributed by atoms with van der Waals surface area (Å²) in [6, 6.07) is 59.6. The molecule has 0 radical (unpaired) electrons. The van der Waals surface area contributed by atoms with Crippen LogP contribution in [0.4, 0.5) is 17.1 Å². The highest BCUT2D eigenvalue weighted by Gasteiger charge is 2.28. The SMILES string of the molecule is c1ccc(N(c2ccccc2)c2cccc3c4cccc5c6c7c8c9ccccc9cc9c%10c%11ccccc%11ccc%10n(c7ncc6n(c23)c45)c98)cc1. The molecule has 4 nitrogen and oxygen atoms in total. The quantitative estimate of drug-likeness (QED) is 0.187. The zero-order valence-electron chi connectivity index (χ0n) is 28.5. The molecular weight excluding hydrogens is 645 g/mol. The molecule has 0 atom stereocenters. The van der Waals surface area contributed by atoms with Crippen molar-refractivity contribution in [1.29, 1.82) is 0 Å². The van der Waals surface area contributed by atoms with Crippen LogP contribution in [-0.2, 0) is 0 Å². The molecule has 4 heteroatoms. The molecule has 0 spiro atoms. The van der Waals surface area contributed by atoms with Gasteiger partial charge in [0.2, 0.25) is 0 Å². The monoisotopic (exact) mass is 672 g/mol. The van der Waals surface area contributed by atoms with E-state index in [9.17, 15) is 0 Å². The molecule has 5 aromatic heterocycles. The van der Waals surface area contributed by atoms with Crippen LogP contribution in [0.15, 0.2) is 170 Å². The number of rotatable bonds is 3. The number of aromatic nitrogens is 3. The summed E-state index contributed by atoms with van der Waals surface area (Å²) in [5, 5.41) is 15.1. The molecule has 0 saturated carbocycles. The van der Waals surface area contributed by atoms with Crippen LogP contribution in [-0.4, -0.2) is 13.8 Å². The van der Waals surface area contributed by atoms with Crippen LogP contribution in [0.25, 0.3) is 97.9 Å². The Bertz CT molecular complexity index is 3580. The Labute approximate surface area is 302 Å². The van der Waals surface area contributed by atoms with E-state index in [2.05, 4.69) is 184 Å². The Balaban J connectivity index is 1.26. The van der Waals surface area contributed by atoms with Crippen LogP contribution in [0.2, 0.25) is 0 Å². The van der Waals surface area contributed by atoms with Crippen LogP contribution in [0, 0.1) is 0 Å². The number of benzene rings is 8. The van der Waals surface area contributed by atoms with Crippen molar-refractivity contribution in [3.63, 3.8) is 0 Å². The van der Waals surface area contributed by atoms with Gasteiger partial charge in [-0.15, -0.1) is 0 Å².